The van der Waals surface area contributed by atoms with Crippen LogP contribution < -0.4 is 11.5 Å². The number of piperidine rings is 2. The second-order valence-corrected chi connectivity index (χ2v) is 8.49. The van der Waals surface area contributed by atoms with E-state index >= 15 is 0 Å². The SMILES string of the molecule is CCC1CCC(CC2CC(C)CN(CCCN)C2)CN1CCCN. The van der Waals surface area contributed by atoms with Crippen LogP contribution in [0, 0.1) is 17.8 Å². The molecule has 2 rings (SSSR count). The van der Waals surface area contributed by atoms with Gasteiger partial charge in [-0.25, -0.2) is 0 Å². The van der Waals surface area contributed by atoms with Crippen molar-refractivity contribution in [2.75, 3.05) is 45.8 Å². The molecule has 2 heterocycles. The average molecular weight is 339 g/mol. The molecule has 2 aliphatic heterocycles. The third kappa shape index (κ3) is 6.29. The lowest BCUT2D eigenvalue weighted by molar-refractivity contribution is 0.0684. The van der Waals surface area contributed by atoms with Gasteiger partial charge in [0.15, 0.2) is 0 Å². The maximum atomic E-state index is 5.75. The third-order valence-electron chi connectivity index (χ3n) is 6.21. The van der Waals surface area contributed by atoms with Gasteiger partial charge in [-0.1, -0.05) is 13.8 Å². The fourth-order valence-corrected chi connectivity index (χ4v) is 5.14. The Morgan fingerprint density at radius 3 is 2.38 bits per heavy atom. The molecule has 4 heteroatoms. The van der Waals surface area contributed by atoms with Gasteiger partial charge in [0, 0.05) is 25.7 Å². The summed E-state index contributed by atoms with van der Waals surface area (Å²) < 4.78 is 0. The fourth-order valence-electron chi connectivity index (χ4n) is 5.14. The van der Waals surface area contributed by atoms with Crippen molar-refractivity contribution >= 4 is 0 Å². The number of nitrogens with zero attached hydrogens (tertiary/aromatic N) is 2. The summed E-state index contributed by atoms with van der Waals surface area (Å²) in [7, 11) is 0. The maximum Gasteiger partial charge on any atom is 0.00928 e. The summed E-state index contributed by atoms with van der Waals surface area (Å²) >= 11 is 0. The molecule has 2 fully saturated rings. The van der Waals surface area contributed by atoms with Gasteiger partial charge >= 0.3 is 0 Å². The van der Waals surface area contributed by atoms with Crippen molar-refractivity contribution in [3.05, 3.63) is 0 Å². The Labute approximate surface area is 150 Å². The lowest BCUT2D eigenvalue weighted by Crippen LogP contribution is -2.46. The standard InChI is InChI=1S/C20H42N4/c1-3-20-7-6-18(16-24(20)11-5-9-22)13-19-12-17(2)14-23(15-19)10-4-8-21/h17-20H,3-16,21-22H2,1-2H3. The highest BCUT2D eigenvalue weighted by molar-refractivity contribution is 4.85. The average Bonchev–Trinajstić information content (AvgIpc) is 2.58. The minimum absolute atomic E-state index is 0.805. The predicted octanol–water partition coefficient (Wildman–Crippen LogP) is 2.52. The lowest BCUT2D eigenvalue weighted by Gasteiger charge is -2.42. The Morgan fingerprint density at radius 2 is 1.67 bits per heavy atom. The van der Waals surface area contributed by atoms with Crippen molar-refractivity contribution in [1.82, 2.24) is 9.80 Å². The first-order valence-corrected chi connectivity index (χ1v) is 10.5. The molecular formula is C20H42N4. The Kier molecular flexibility index (Phi) is 9.02. The molecule has 2 aliphatic rings. The van der Waals surface area contributed by atoms with Crippen LogP contribution in [0.2, 0.25) is 0 Å². The molecule has 0 aromatic rings. The third-order valence-corrected chi connectivity index (χ3v) is 6.21. The summed E-state index contributed by atoms with van der Waals surface area (Å²) in [5.41, 5.74) is 11.5. The molecule has 0 radical (unpaired) electrons. The monoisotopic (exact) mass is 338 g/mol. The van der Waals surface area contributed by atoms with E-state index in [2.05, 4.69) is 23.6 Å². The zero-order valence-corrected chi connectivity index (χ0v) is 16.3. The van der Waals surface area contributed by atoms with Gasteiger partial charge in [0.25, 0.3) is 0 Å². The van der Waals surface area contributed by atoms with E-state index in [4.69, 9.17) is 11.5 Å². The first kappa shape index (κ1) is 20.2. The quantitative estimate of drug-likeness (QED) is 0.678. The van der Waals surface area contributed by atoms with Crippen molar-refractivity contribution in [3.63, 3.8) is 0 Å². The van der Waals surface area contributed by atoms with E-state index in [0.717, 1.165) is 49.7 Å². The minimum Gasteiger partial charge on any atom is -0.330 e. The van der Waals surface area contributed by atoms with Gasteiger partial charge in [0.1, 0.15) is 0 Å². The number of likely N-dealkylation sites (tertiary alicyclic amines) is 2. The van der Waals surface area contributed by atoms with E-state index in [1.165, 1.54) is 64.8 Å². The minimum atomic E-state index is 0.805. The van der Waals surface area contributed by atoms with Crippen LogP contribution in [0.1, 0.15) is 58.8 Å². The number of nitrogens with two attached hydrogens (primary N) is 2. The second kappa shape index (κ2) is 10.7. The summed E-state index contributed by atoms with van der Waals surface area (Å²) in [6, 6.07) is 0.805. The van der Waals surface area contributed by atoms with Crippen molar-refractivity contribution in [3.8, 4) is 0 Å². The summed E-state index contributed by atoms with van der Waals surface area (Å²) in [6.07, 6.45) is 9.28. The van der Waals surface area contributed by atoms with E-state index in [1.54, 1.807) is 0 Å². The van der Waals surface area contributed by atoms with Crippen LogP contribution in [-0.2, 0) is 0 Å². The van der Waals surface area contributed by atoms with E-state index in [1.807, 2.05) is 0 Å². The summed E-state index contributed by atoms with van der Waals surface area (Å²) in [6.45, 7) is 12.7. The van der Waals surface area contributed by atoms with Gasteiger partial charge in [-0.05, 0) is 88.9 Å². The van der Waals surface area contributed by atoms with Crippen molar-refractivity contribution < 1.29 is 0 Å². The van der Waals surface area contributed by atoms with Gasteiger partial charge in [0.2, 0.25) is 0 Å². The van der Waals surface area contributed by atoms with Crippen LogP contribution in [0.25, 0.3) is 0 Å². The Hall–Kier alpha value is -0.160. The molecule has 0 spiro atoms. The van der Waals surface area contributed by atoms with Crippen LogP contribution in [0.15, 0.2) is 0 Å². The Bertz CT molecular complexity index is 336. The normalized spacial score (nSPS) is 33.0. The maximum absolute atomic E-state index is 5.75. The highest BCUT2D eigenvalue weighted by Gasteiger charge is 2.31. The second-order valence-electron chi connectivity index (χ2n) is 8.49. The van der Waals surface area contributed by atoms with Crippen LogP contribution in [0.4, 0.5) is 0 Å². The summed E-state index contributed by atoms with van der Waals surface area (Å²) in [4.78, 5) is 5.43. The topological polar surface area (TPSA) is 58.5 Å². The van der Waals surface area contributed by atoms with Gasteiger partial charge in [0.05, 0.1) is 0 Å². The van der Waals surface area contributed by atoms with Crippen LogP contribution >= 0.6 is 0 Å². The molecule has 4 unspecified atom stereocenters. The molecule has 0 bridgehead atoms. The molecule has 0 amide bonds. The molecule has 0 aliphatic carbocycles. The molecule has 2 saturated heterocycles. The summed E-state index contributed by atoms with van der Waals surface area (Å²) in [5, 5.41) is 0. The highest BCUT2D eigenvalue weighted by Crippen LogP contribution is 2.32. The molecule has 0 aromatic heterocycles. The van der Waals surface area contributed by atoms with E-state index in [-0.39, 0.29) is 0 Å². The number of hydrogen-bond acceptors (Lipinski definition) is 4. The van der Waals surface area contributed by atoms with Gasteiger partial charge in [-0.15, -0.1) is 0 Å². The van der Waals surface area contributed by atoms with Gasteiger partial charge in [-0.2, -0.15) is 0 Å². The van der Waals surface area contributed by atoms with Crippen LogP contribution in [0.5, 0.6) is 0 Å². The summed E-state index contributed by atoms with van der Waals surface area (Å²) in [5.74, 6) is 2.64. The Balaban J connectivity index is 1.82. The van der Waals surface area contributed by atoms with Crippen molar-refractivity contribution in [2.24, 2.45) is 29.2 Å². The Morgan fingerprint density at radius 1 is 0.917 bits per heavy atom. The molecular weight excluding hydrogens is 296 g/mol. The van der Waals surface area contributed by atoms with Crippen molar-refractivity contribution in [2.45, 2.75) is 64.8 Å². The first-order chi connectivity index (χ1) is 11.7. The molecule has 4 nitrogen and oxygen atoms in total. The van der Waals surface area contributed by atoms with E-state index in [9.17, 15) is 0 Å². The van der Waals surface area contributed by atoms with Gasteiger partial charge in [-0.3, -0.25) is 0 Å². The molecule has 0 aromatic carbocycles. The largest absolute Gasteiger partial charge is 0.330 e. The molecule has 4 N–H and O–H groups in total. The van der Waals surface area contributed by atoms with E-state index in [0.29, 0.717) is 0 Å². The van der Waals surface area contributed by atoms with Crippen molar-refractivity contribution in [1.29, 1.82) is 0 Å². The number of hydrogen-bond donors (Lipinski definition) is 2. The highest BCUT2D eigenvalue weighted by atomic mass is 15.2. The van der Waals surface area contributed by atoms with E-state index < -0.39 is 0 Å². The zero-order chi connectivity index (χ0) is 17.4. The smallest absolute Gasteiger partial charge is 0.00928 e. The fraction of sp³-hybridized carbons (Fsp3) is 1.00. The molecule has 142 valence electrons. The zero-order valence-electron chi connectivity index (χ0n) is 16.3. The predicted molar refractivity (Wildman–Crippen MR) is 104 cm³/mol. The lowest BCUT2D eigenvalue weighted by atomic mass is 9.80. The first-order valence-electron chi connectivity index (χ1n) is 10.5. The molecule has 4 atom stereocenters. The van der Waals surface area contributed by atoms with Crippen LogP contribution in [-0.4, -0.2) is 61.7 Å². The molecule has 0 saturated carbocycles. The van der Waals surface area contributed by atoms with Gasteiger partial charge < -0.3 is 21.3 Å². The van der Waals surface area contributed by atoms with Crippen LogP contribution in [0.3, 0.4) is 0 Å². The molecule has 24 heavy (non-hydrogen) atoms. The number of rotatable bonds is 9.